The molecule has 1 heterocycles. The molecule has 3 amide bonds. The first-order valence-corrected chi connectivity index (χ1v) is 6.34. The molecule has 1 fully saturated rings. The van der Waals surface area contributed by atoms with Gasteiger partial charge < -0.3 is 15.4 Å². The minimum absolute atomic E-state index is 0.125. The zero-order valence-corrected chi connectivity index (χ0v) is 11.4. The zero-order chi connectivity index (χ0) is 15.2. The first-order chi connectivity index (χ1) is 10.1. The van der Waals surface area contributed by atoms with E-state index in [0.29, 0.717) is 11.4 Å². The molecule has 1 aliphatic heterocycles. The Morgan fingerprint density at radius 2 is 1.81 bits per heavy atom. The average Bonchev–Trinajstić information content (AvgIpc) is 2.49. The molecule has 112 valence electrons. The summed E-state index contributed by atoms with van der Waals surface area (Å²) in [5, 5.41) is 10.7. The van der Waals surface area contributed by atoms with Crippen LogP contribution in [0.3, 0.4) is 0 Å². The van der Waals surface area contributed by atoms with E-state index in [9.17, 15) is 14.4 Å². The number of piperazine rings is 1. The summed E-state index contributed by atoms with van der Waals surface area (Å²) in [6.07, 6.45) is -0.561. The van der Waals surface area contributed by atoms with Crippen molar-refractivity contribution in [1.82, 2.24) is 10.6 Å². The third-order valence-electron chi connectivity index (χ3n) is 2.91. The Labute approximate surface area is 121 Å². The third kappa shape index (κ3) is 4.18. The van der Waals surface area contributed by atoms with E-state index in [0.717, 1.165) is 0 Å². The Kier molecular flexibility index (Phi) is 4.72. The molecule has 1 atom stereocenters. The minimum Gasteiger partial charge on any atom is -0.453 e. The van der Waals surface area contributed by atoms with Crippen LogP contribution in [0, 0.1) is 0 Å². The molecule has 4 N–H and O–H groups in total. The summed E-state index contributed by atoms with van der Waals surface area (Å²) in [7, 11) is 1.28. The van der Waals surface area contributed by atoms with Gasteiger partial charge in [-0.3, -0.25) is 20.2 Å². The molecular weight excluding hydrogens is 276 g/mol. The molecule has 1 aromatic rings. The normalized spacial score (nSPS) is 17.6. The van der Waals surface area contributed by atoms with Gasteiger partial charge in [-0.05, 0) is 24.3 Å². The van der Waals surface area contributed by atoms with E-state index in [1.54, 1.807) is 24.3 Å². The van der Waals surface area contributed by atoms with Crippen molar-refractivity contribution in [3.05, 3.63) is 24.3 Å². The molecule has 0 radical (unpaired) electrons. The second-order valence-electron chi connectivity index (χ2n) is 4.42. The second kappa shape index (κ2) is 6.71. The summed E-state index contributed by atoms with van der Waals surface area (Å²) >= 11 is 0. The summed E-state index contributed by atoms with van der Waals surface area (Å²) in [6, 6.07) is 6.14. The van der Waals surface area contributed by atoms with E-state index in [1.807, 2.05) is 0 Å². The van der Waals surface area contributed by atoms with E-state index >= 15 is 0 Å². The van der Waals surface area contributed by atoms with E-state index < -0.39 is 12.1 Å². The first kappa shape index (κ1) is 14.8. The maximum absolute atomic E-state index is 12.0. The van der Waals surface area contributed by atoms with Crippen molar-refractivity contribution >= 4 is 29.3 Å². The molecule has 0 saturated carbocycles. The highest BCUT2D eigenvalue weighted by molar-refractivity contribution is 5.96. The van der Waals surface area contributed by atoms with Crippen molar-refractivity contribution in [2.24, 2.45) is 0 Å². The van der Waals surface area contributed by atoms with Crippen LogP contribution < -0.4 is 21.3 Å². The molecule has 1 saturated heterocycles. The highest BCUT2D eigenvalue weighted by Gasteiger charge is 2.23. The van der Waals surface area contributed by atoms with Crippen LogP contribution in [-0.2, 0) is 14.3 Å². The Hall–Kier alpha value is -2.61. The molecule has 1 unspecified atom stereocenters. The Balaban J connectivity index is 1.89. The van der Waals surface area contributed by atoms with Crippen LogP contribution in [0.15, 0.2) is 24.3 Å². The summed E-state index contributed by atoms with van der Waals surface area (Å²) < 4.78 is 4.47. The van der Waals surface area contributed by atoms with E-state index in [-0.39, 0.29) is 24.9 Å². The fraction of sp³-hybridized carbons (Fsp3) is 0.308. The van der Waals surface area contributed by atoms with Gasteiger partial charge in [0, 0.05) is 17.9 Å². The number of hydrogen-bond donors (Lipinski definition) is 4. The van der Waals surface area contributed by atoms with Gasteiger partial charge in [-0.25, -0.2) is 4.79 Å². The quantitative estimate of drug-likeness (QED) is 0.621. The van der Waals surface area contributed by atoms with Crippen molar-refractivity contribution in [1.29, 1.82) is 0 Å². The van der Waals surface area contributed by atoms with Crippen molar-refractivity contribution in [2.45, 2.75) is 6.04 Å². The Bertz CT molecular complexity index is 534. The van der Waals surface area contributed by atoms with Gasteiger partial charge in [0.15, 0.2) is 0 Å². The lowest BCUT2D eigenvalue weighted by Crippen LogP contribution is -2.56. The number of hydrogen-bond acceptors (Lipinski definition) is 5. The lowest BCUT2D eigenvalue weighted by atomic mass is 10.2. The van der Waals surface area contributed by atoms with Crippen LogP contribution in [0.4, 0.5) is 16.2 Å². The standard InChI is InChI=1S/C13H16N4O4/c1-21-13(20)17-9-4-2-8(3-5-9)16-12(19)10-6-15-11(18)7-14-10/h2-5,10,14H,6-7H2,1H3,(H,15,18)(H,16,19)(H,17,20). The predicted octanol–water partition coefficient (Wildman–Crippen LogP) is -0.109. The molecular formula is C13H16N4O4. The second-order valence-corrected chi connectivity index (χ2v) is 4.42. The lowest BCUT2D eigenvalue weighted by Gasteiger charge is -2.23. The fourth-order valence-corrected chi connectivity index (χ4v) is 1.79. The van der Waals surface area contributed by atoms with E-state index in [1.165, 1.54) is 7.11 Å². The van der Waals surface area contributed by atoms with Gasteiger partial charge in [-0.1, -0.05) is 0 Å². The zero-order valence-electron chi connectivity index (χ0n) is 11.4. The number of benzene rings is 1. The number of ether oxygens (including phenoxy) is 1. The molecule has 21 heavy (non-hydrogen) atoms. The van der Waals surface area contributed by atoms with E-state index in [4.69, 9.17) is 0 Å². The van der Waals surface area contributed by atoms with Crippen LogP contribution in [0.25, 0.3) is 0 Å². The monoisotopic (exact) mass is 292 g/mol. The topological polar surface area (TPSA) is 109 Å². The highest BCUT2D eigenvalue weighted by atomic mass is 16.5. The predicted molar refractivity (Wildman–Crippen MR) is 75.9 cm³/mol. The number of carbonyl (C=O) groups is 3. The van der Waals surface area contributed by atoms with E-state index in [2.05, 4.69) is 26.0 Å². The maximum Gasteiger partial charge on any atom is 0.411 e. The molecule has 0 bridgehead atoms. The van der Waals surface area contributed by atoms with Crippen LogP contribution >= 0.6 is 0 Å². The highest BCUT2D eigenvalue weighted by Crippen LogP contribution is 2.14. The number of nitrogens with one attached hydrogen (secondary N) is 4. The van der Waals surface area contributed by atoms with Crippen LogP contribution in [-0.4, -0.2) is 44.1 Å². The summed E-state index contributed by atoms with van der Waals surface area (Å²) in [5.41, 5.74) is 1.15. The van der Waals surface area contributed by atoms with Crippen LogP contribution in [0.5, 0.6) is 0 Å². The van der Waals surface area contributed by atoms with Gasteiger partial charge in [-0.2, -0.15) is 0 Å². The molecule has 2 rings (SSSR count). The van der Waals surface area contributed by atoms with Gasteiger partial charge >= 0.3 is 6.09 Å². The average molecular weight is 292 g/mol. The number of methoxy groups -OCH3 is 1. The number of rotatable bonds is 3. The molecule has 1 aromatic carbocycles. The summed E-state index contributed by atoms with van der Waals surface area (Å²) in [4.78, 5) is 34.0. The Morgan fingerprint density at radius 3 is 2.33 bits per heavy atom. The van der Waals surface area contributed by atoms with Crippen molar-refractivity contribution < 1.29 is 19.1 Å². The minimum atomic E-state index is -0.561. The summed E-state index contributed by atoms with van der Waals surface area (Å²) in [6.45, 7) is 0.382. The molecule has 8 heteroatoms. The number of anilines is 2. The maximum atomic E-state index is 12.0. The van der Waals surface area contributed by atoms with Crippen molar-refractivity contribution in [3.8, 4) is 0 Å². The van der Waals surface area contributed by atoms with Crippen LogP contribution in [0.2, 0.25) is 0 Å². The van der Waals surface area contributed by atoms with Gasteiger partial charge in [0.25, 0.3) is 0 Å². The van der Waals surface area contributed by atoms with Gasteiger partial charge in [0.2, 0.25) is 11.8 Å². The van der Waals surface area contributed by atoms with Crippen LogP contribution in [0.1, 0.15) is 0 Å². The van der Waals surface area contributed by atoms with Crippen molar-refractivity contribution in [2.75, 3.05) is 30.8 Å². The smallest absolute Gasteiger partial charge is 0.411 e. The molecule has 0 spiro atoms. The fourth-order valence-electron chi connectivity index (χ4n) is 1.79. The SMILES string of the molecule is COC(=O)Nc1ccc(NC(=O)C2CNC(=O)CN2)cc1. The third-order valence-corrected chi connectivity index (χ3v) is 2.91. The Morgan fingerprint density at radius 1 is 1.19 bits per heavy atom. The summed E-state index contributed by atoms with van der Waals surface area (Å²) in [5.74, 6) is -0.360. The van der Waals surface area contributed by atoms with Crippen molar-refractivity contribution in [3.63, 3.8) is 0 Å². The number of amides is 3. The van der Waals surface area contributed by atoms with Gasteiger partial charge in [0.1, 0.15) is 6.04 Å². The molecule has 1 aliphatic rings. The molecule has 0 aliphatic carbocycles. The van der Waals surface area contributed by atoms with Gasteiger partial charge in [0.05, 0.1) is 13.7 Å². The lowest BCUT2D eigenvalue weighted by molar-refractivity contribution is -0.124. The number of carbonyl (C=O) groups excluding carboxylic acids is 3. The largest absolute Gasteiger partial charge is 0.453 e. The van der Waals surface area contributed by atoms with Gasteiger partial charge in [-0.15, -0.1) is 0 Å². The molecule has 8 nitrogen and oxygen atoms in total. The molecule has 0 aromatic heterocycles. The first-order valence-electron chi connectivity index (χ1n) is 6.34.